The number of ether oxygens (including phenoxy) is 2. The highest BCUT2D eigenvalue weighted by Crippen LogP contribution is 2.63. The van der Waals surface area contributed by atoms with Gasteiger partial charge in [0.25, 0.3) is 0 Å². The highest BCUT2D eigenvalue weighted by Gasteiger charge is 2.60. The van der Waals surface area contributed by atoms with Crippen LogP contribution in [0, 0.1) is 22.2 Å². The number of rotatable bonds is 3. The van der Waals surface area contributed by atoms with Crippen molar-refractivity contribution in [3.05, 3.63) is 23.8 Å². The van der Waals surface area contributed by atoms with E-state index < -0.39 is 22.9 Å². The van der Waals surface area contributed by atoms with E-state index in [2.05, 4.69) is 13.5 Å². The van der Waals surface area contributed by atoms with Crippen molar-refractivity contribution >= 4 is 17.7 Å². The molecule has 5 heteroatoms. The Kier molecular flexibility index (Phi) is 5.10. The van der Waals surface area contributed by atoms with Gasteiger partial charge in [-0.25, -0.2) is 0 Å². The molecule has 5 atom stereocenters. The predicted octanol–water partition coefficient (Wildman–Crippen LogP) is 4.16. The van der Waals surface area contributed by atoms with Crippen LogP contribution < -0.4 is 0 Å². The monoisotopic (exact) mass is 388 g/mol. The zero-order valence-corrected chi connectivity index (χ0v) is 17.7. The number of carbonyl (C=O) groups excluding carboxylic acids is 3. The quantitative estimate of drug-likeness (QED) is 0.536. The number of fused-ring (bicyclic) bond motifs is 2. The average Bonchev–Trinajstić information content (AvgIpc) is 2.64. The van der Waals surface area contributed by atoms with Crippen LogP contribution in [0.1, 0.15) is 66.2 Å². The lowest BCUT2D eigenvalue weighted by atomic mass is 9.47. The summed E-state index contributed by atoms with van der Waals surface area (Å²) in [5, 5.41) is 0. The van der Waals surface area contributed by atoms with Gasteiger partial charge in [0.15, 0.2) is 5.78 Å². The van der Waals surface area contributed by atoms with E-state index >= 15 is 0 Å². The van der Waals surface area contributed by atoms with Crippen LogP contribution >= 0.6 is 0 Å². The van der Waals surface area contributed by atoms with Crippen LogP contribution in [-0.2, 0) is 23.9 Å². The summed E-state index contributed by atoms with van der Waals surface area (Å²) < 4.78 is 10.8. The summed E-state index contributed by atoms with van der Waals surface area (Å²) in [6, 6.07) is 0. The summed E-state index contributed by atoms with van der Waals surface area (Å²) in [6.07, 6.45) is 5.56. The molecular formula is C23H32O5. The predicted molar refractivity (Wildman–Crippen MR) is 105 cm³/mol. The summed E-state index contributed by atoms with van der Waals surface area (Å²) in [6.45, 7) is 11.5. The lowest BCUT2D eigenvalue weighted by molar-refractivity contribution is -0.164. The second-order valence-electron chi connectivity index (χ2n) is 9.45. The van der Waals surface area contributed by atoms with Gasteiger partial charge in [-0.2, -0.15) is 0 Å². The van der Waals surface area contributed by atoms with Crippen LogP contribution in [0.15, 0.2) is 23.8 Å². The fraction of sp³-hybridized carbons (Fsp3) is 0.696. The van der Waals surface area contributed by atoms with Crippen LogP contribution in [0.25, 0.3) is 0 Å². The first kappa shape index (κ1) is 20.8. The number of esters is 2. The molecule has 154 valence electrons. The maximum Gasteiger partial charge on any atom is 0.311 e. The third kappa shape index (κ3) is 2.85. The number of hydrogen-bond acceptors (Lipinski definition) is 5. The Labute approximate surface area is 167 Å². The van der Waals surface area contributed by atoms with Gasteiger partial charge in [0.1, 0.15) is 6.10 Å². The molecule has 0 N–H and O–H groups in total. The maximum atomic E-state index is 13.4. The molecule has 0 saturated heterocycles. The smallest absolute Gasteiger partial charge is 0.311 e. The van der Waals surface area contributed by atoms with Crippen LogP contribution in [-0.4, -0.2) is 30.9 Å². The van der Waals surface area contributed by atoms with Crippen LogP contribution in [0.5, 0.6) is 0 Å². The Bertz CT molecular complexity index is 765. The molecule has 0 radical (unpaired) electrons. The number of carbonyl (C=O) groups is 3. The van der Waals surface area contributed by atoms with Gasteiger partial charge in [0.2, 0.25) is 0 Å². The summed E-state index contributed by atoms with van der Waals surface area (Å²) in [5.74, 6) is -0.731. The van der Waals surface area contributed by atoms with Crippen molar-refractivity contribution in [3.8, 4) is 0 Å². The van der Waals surface area contributed by atoms with Crippen molar-refractivity contribution in [1.82, 2.24) is 0 Å². The van der Waals surface area contributed by atoms with Crippen LogP contribution in [0.3, 0.4) is 0 Å². The van der Waals surface area contributed by atoms with Crippen molar-refractivity contribution in [2.45, 2.75) is 72.3 Å². The van der Waals surface area contributed by atoms with E-state index in [4.69, 9.17) is 9.47 Å². The van der Waals surface area contributed by atoms with E-state index in [1.54, 1.807) is 0 Å². The minimum Gasteiger partial charge on any atom is -0.469 e. The Morgan fingerprint density at radius 2 is 1.86 bits per heavy atom. The summed E-state index contributed by atoms with van der Waals surface area (Å²) in [7, 11) is 1.42. The van der Waals surface area contributed by atoms with Crippen molar-refractivity contribution in [2.75, 3.05) is 7.11 Å². The molecule has 0 amide bonds. The Morgan fingerprint density at radius 3 is 2.43 bits per heavy atom. The average molecular weight is 389 g/mol. The van der Waals surface area contributed by atoms with E-state index in [-0.39, 0.29) is 29.5 Å². The molecule has 0 spiro atoms. The van der Waals surface area contributed by atoms with E-state index in [0.717, 1.165) is 37.7 Å². The molecule has 5 unspecified atom stereocenters. The number of ketones is 1. The zero-order chi connectivity index (χ0) is 20.9. The third-order valence-electron chi connectivity index (χ3n) is 7.81. The lowest BCUT2D eigenvalue weighted by Gasteiger charge is -2.57. The second-order valence-corrected chi connectivity index (χ2v) is 9.45. The number of hydrogen-bond donors (Lipinski definition) is 0. The van der Waals surface area contributed by atoms with Crippen LogP contribution in [0.2, 0.25) is 0 Å². The fourth-order valence-electron chi connectivity index (χ4n) is 6.08. The third-order valence-corrected chi connectivity index (χ3v) is 7.81. The van der Waals surface area contributed by atoms with E-state index in [1.165, 1.54) is 14.0 Å². The summed E-state index contributed by atoms with van der Waals surface area (Å²) >= 11 is 0. The Hall–Kier alpha value is -1.91. The van der Waals surface area contributed by atoms with Crippen molar-refractivity contribution in [3.63, 3.8) is 0 Å². The molecule has 3 rings (SSSR count). The lowest BCUT2D eigenvalue weighted by Crippen LogP contribution is -2.55. The zero-order valence-electron chi connectivity index (χ0n) is 17.7. The van der Waals surface area contributed by atoms with E-state index in [0.29, 0.717) is 5.57 Å². The van der Waals surface area contributed by atoms with Gasteiger partial charge in [0.05, 0.1) is 12.5 Å². The topological polar surface area (TPSA) is 69.7 Å². The van der Waals surface area contributed by atoms with Crippen LogP contribution in [0.4, 0.5) is 0 Å². The normalized spacial score (nSPS) is 40.2. The standard InChI is InChI=1S/C23H32O5/c1-7-21(3)12-9-15-18(19(21)28-14(2)24)16(25)13-17-22(15,4)10-8-11-23(17,5)20(26)27-6/h7,17,19H,1,8-13H2,2-6H3. The largest absolute Gasteiger partial charge is 0.469 e. The molecule has 5 nitrogen and oxygen atoms in total. The van der Waals surface area contributed by atoms with Gasteiger partial charge < -0.3 is 9.47 Å². The molecule has 1 saturated carbocycles. The van der Waals surface area contributed by atoms with E-state index in [1.807, 2.05) is 19.9 Å². The minimum absolute atomic E-state index is 0.00599. The first-order chi connectivity index (χ1) is 13.0. The molecular weight excluding hydrogens is 356 g/mol. The molecule has 0 heterocycles. The summed E-state index contributed by atoms with van der Waals surface area (Å²) in [5.41, 5.74) is 0.312. The van der Waals surface area contributed by atoms with Gasteiger partial charge in [-0.15, -0.1) is 6.58 Å². The van der Waals surface area contributed by atoms with Gasteiger partial charge in [-0.3, -0.25) is 14.4 Å². The number of allylic oxidation sites excluding steroid dienone is 1. The first-order valence-electron chi connectivity index (χ1n) is 10.2. The molecule has 0 bridgehead atoms. The van der Waals surface area contributed by atoms with Gasteiger partial charge in [-0.05, 0) is 43.9 Å². The molecule has 3 aliphatic carbocycles. The molecule has 28 heavy (non-hydrogen) atoms. The molecule has 0 aliphatic heterocycles. The molecule has 0 aromatic carbocycles. The second kappa shape index (κ2) is 6.85. The molecule has 1 fully saturated rings. The minimum atomic E-state index is -0.675. The van der Waals surface area contributed by atoms with Gasteiger partial charge in [0, 0.05) is 24.3 Å². The Morgan fingerprint density at radius 1 is 1.18 bits per heavy atom. The van der Waals surface area contributed by atoms with Gasteiger partial charge in [-0.1, -0.05) is 31.9 Å². The van der Waals surface area contributed by atoms with Crippen molar-refractivity contribution in [1.29, 1.82) is 0 Å². The summed E-state index contributed by atoms with van der Waals surface area (Å²) in [4.78, 5) is 37.9. The molecule has 3 aliphatic rings. The van der Waals surface area contributed by atoms with Gasteiger partial charge >= 0.3 is 11.9 Å². The highest BCUT2D eigenvalue weighted by atomic mass is 16.5. The highest BCUT2D eigenvalue weighted by molar-refractivity contribution is 6.00. The SMILES string of the molecule is C=CC1(C)CCC2=C(C(=O)CC3C(C)(C(=O)OC)CCCC23C)C1OC(C)=O. The fourth-order valence-corrected chi connectivity index (χ4v) is 6.08. The maximum absolute atomic E-state index is 13.4. The van der Waals surface area contributed by atoms with Crippen molar-refractivity contribution in [2.24, 2.45) is 22.2 Å². The number of methoxy groups -OCH3 is 1. The van der Waals surface area contributed by atoms with E-state index in [9.17, 15) is 14.4 Å². The molecule has 0 aromatic rings. The first-order valence-corrected chi connectivity index (χ1v) is 10.2. The number of Topliss-reactive ketones (excluding diaryl/α,β-unsaturated/α-hetero) is 1. The van der Waals surface area contributed by atoms with Crippen molar-refractivity contribution < 1.29 is 23.9 Å². The Balaban J connectivity index is 2.16. The molecule has 0 aromatic heterocycles.